The van der Waals surface area contributed by atoms with Crippen molar-refractivity contribution in [2.24, 2.45) is 0 Å². The standard InChI is InChI=1S/C13H13ClN2OS/c1-9(12-4-3-7-18-12)16(2)13(17)10-5-6-15-8-11(10)14/h3-9H,1-2H3. The molecular weight excluding hydrogens is 268 g/mol. The molecule has 1 atom stereocenters. The van der Waals surface area contributed by atoms with Gasteiger partial charge in [0.15, 0.2) is 0 Å². The van der Waals surface area contributed by atoms with Gasteiger partial charge in [-0.1, -0.05) is 17.7 Å². The molecule has 0 aromatic carbocycles. The van der Waals surface area contributed by atoms with E-state index < -0.39 is 0 Å². The number of carbonyl (C=O) groups excluding carboxylic acids is 1. The van der Waals surface area contributed by atoms with Crippen molar-refractivity contribution >= 4 is 28.8 Å². The van der Waals surface area contributed by atoms with Gasteiger partial charge in [-0.2, -0.15) is 0 Å². The summed E-state index contributed by atoms with van der Waals surface area (Å²) in [6.45, 7) is 2.00. The average Bonchev–Trinajstić information content (AvgIpc) is 2.90. The molecule has 2 rings (SSSR count). The van der Waals surface area contributed by atoms with Gasteiger partial charge >= 0.3 is 0 Å². The normalized spacial score (nSPS) is 12.2. The number of halogens is 1. The van der Waals surface area contributed by atoms with Crippen LogP contribution in [0.2, 0.25) is 5.02 Å². The summed E-state index contributed by atoms with van der Waals surface area (Å²) in [5, 5.41) is 2.39. The number of hydrogen-bond acceptors (Lipinski definition) is 3. The van der Waals surface area contributed by atoms with Gasteiger partial charge in [-0.3, -0.25) is 9.78 Å². The highest BCUT2D eigenvalue weighted by atomic mass is 35.5. The van der Waals surface area contributed by atoms with E-state index in [9.17, 15) is 4.79 Å². The van der Waals surface area contributed by atoms with Gasteiger partial charge in [0.25, 0.3) is 5.91 Å². The number of aromatic nitrogens is 1. The predicted molar refractivity (Wildman–Crippen MR) is 74.1 cm³/mol. The minimum Gasteiger partial charge on any atom is -0.334 e. The first-order valence-corrected chi connectivity index (χ1v) is 6.77. The van der Waals surface area contributed by atoms with E-state index in [2.05, 4.69) is 4.98 Å². The highest BCUT2D eigenvalue weighted by Gasteiger charge is 2.21. The number of thiophene rings is 1. The first-order valence-electron chi connectivity index (χ1n) is 5.51. The van der Waals surface area contributed by atoms with Crippen LogP contribution in [0.4, 0.5) is 0 Å². The zero-order valence-electron chi connectivity index (χ0n) is 10.1. The monoisotopic (exact) mass is 280 g/mol. The van der Waals surface area contributed by atoms with Gasteiger partial charge in [0.2, 0.25) is 0 Å². The molecule has 0 bridgehead atoms. The Kier molecular flexibility index (Phi) is 3.99. The fourth-order valence-corrected chi connectivity index (χ4v) is 2.66. The first kappa shape index (κ1) is 13.1. The van der Waals surface area contributed by atoms with E-state index in [1.807, 2.05) is 24.4 Å². The van der Waals surface area contributed by atoms with Crippen LogP contribution in [0.5, 0.6) is 0 Å². The number of pyridine rings is 1. The van der Waals surface area contributed by atoms with Crippen LogP contribution in [-0.4, -0.2) is 22.8 Å². The van der Waals surface area contributed by atoms with E-state index in [0.717, 1.165) is 4.88 Å². The molecule has 0 aliphatic carbocycles. The van der Waals surface area contributed by atoms with Gasteiger partial charge < -0.3 is 4.90 Å². The topological polar surface area (TPSA) is 33.2 Å². The maximum Gasteiger partial charge on any atom is 0.255 e. The molecule has 0 radical (unpaired) electrons. The molecule has 2 aromatic rings. The van der Waals surface area contributed by atoms with Crippen LogP contribution in [0.3, 0.4) is 0 Å². The second kappa shape index (κ2) is 5.50. The summed E-state index contributed by atoms with van der Waals surface area (Å²) in [5.74, 6) is -0.0942. The zero-order valence-corrected chi connectivity index (χ0v) is 11.7. The van der Waals surface area contributed by atoms with Crippen molar-refractivity contribution in [3.8, 4) is 0 Å². The van der Waals surface area contributed by atoms with E-state index >= 15 is 0 Å². The van der Waals surface area contributed by atoms with Gasteiger partial charge in [0.1, 0.15) is 0 Å². The van der Waals surface area contributed by atoms with E-state index in [-0.39, 0.29) is 11.9 Å². The Bertz CT molecular complexity index is 542. The minimum absolute atomic E-state index is 0.0294. The van der Waals surface area contributed by atoms with Crippen molar-refractivity contribution in [3.05, 3.63) is 51.4 Å². The molecule has 5 heteroatoms. The molecule has 0 spiro atoms. The van der Waals surface area contributed by atoms with Gasteiger partial charge in [-0.15, -0.1) is 11.3 Å². The van der Waals surface area contributed by atoms with Crippen LogP contribution in [-0.2, 0) is 0 Å². The number of amides is 1. The second-order valence-electron chi connectivity index (χ2n) is 3.96. The van der Waals surface area contributed by atoms with Crippen LogP contribution in [0.15, 0.2) is 36.0 Å². The average molecular weight is 281 g/mol. The molecule has 1 amide bonds. The predicted octanol–water partition coefficient (Wildman–Crippen LogP) is 3.63. The van der Waals surface area contributed by atoms with E-state index in [1.165, 1.54) is 6.20 Å². The van der Waals surface area contributed by atoms with Crippen LogP contribution >= 0.6 is 22.9 Å². The largest absolute Gasteiger partial charge is 0.334 e. The third-order valence-electron chi connectivity index (χ3n) is 2.86. The maximum absolute atomic E-state index is 12.3. The highest BCUT2D eigenvalue weighted by molar-refractivity contribution is 7.10. The van der Waals surface area contributed by atoms with Crippen LogP contribution < -0.4 is 0 Å². The molecule has 0 aliphatic rings. The molecule has 94 valence electrons. The molecule has 0 saturated heterocycles. The van der Waals surface area contributed by atoms with Crippen LogP contribution in [0.25, 0.3) is 0 Å². The number of nitrogens with zero attached hydrogens (tertiary/aromatic N) is 2. The summed E-state index contributed by atoms with van der Waals surface area (Å²) in [6, 6.07) is 5.67. The lowest BCUT2D eigenvalue weighted by atomic mass is 10.2. The summed E-state index contributed by atoms with van der Waals surface area (Å²) in [6.07, 6.45) is 3.06. The maximum atomic E-state index is 12.3. The zero-order chi connectivity index (χ0) is 13.1. The fraction of sp³-hybridized carbons (Fsp3) is 0.231. The van der Waals surface area contributed by atoms with Crippen LogP contribution in [0.1, 0.15) is 28.2 Å². The summed E-state index contributed by atoms with van der Waals surface area (Å²) in [4.78, 5) is 19.0. The van der Waals surface area contributed by atoms with Crippen molar-refractivity contribution in [1.82, 2.24) is 9.88 Å². The smallest absolute Gasteiger partial charge is 0.255 e. The Morgan fingerprint density at radius 3 is 2.89 bits per heavy atom. The molecular formula is C13H13ClN2OS. The second-order valence-corrected chi connectivity index (χ2v) is 5.35. The Hall–Kier alpha value is -1.39. The van der Waals surface area contributed by atoms with E-state index in [0.29, 0.717) is 10.6 Å². The number of hydrogen-bond donors (Lipinski definition) is 0. The SMILES string of the molecule is CC(c1cccs1)N(C)C(=O)c1ccncc1Cl. The summed E-state index contributed by atoms with van der Waals surface area (Å²) >= 11 is 7.62. The van der Waals surface area contributed by atoms with Crippen molar-refractivity contribution in [1.29, 1.82) is 0 Å². The Labute approximate surface area is 115 Å². The fourth-order valence-electron chi connectivity index (χ4n) is 1.63. The molecule has 0 fully saturated rings. The van der Waals surface area contributed by atoms with Gasteiger partial charge in [-0.25, -0.2) is 0 Å². The minimum atomic E-state index is -0.0942. The molecule has 1 unspecified atom stereocenters. The van der Waals surface area contributed by atoms with Crippen molar-refractivity contribution in [2.45, 2.75) is 13.0 Å². The van der Waals surface area contributed by atoms with Crippen molar-refractivity contribution in [3.63, 3.8) is 0 Å². The highest BCUT2D eigenvalue weighted by Crippen LogP contribution is 2.26. The molecule has 2 heterocycles. The van der Waals surface area contributed by atoms with Gasteiger partial charge in [-0.05, 0) is 24.4 Å². The van der Waals surface area contributed by atoms with E-state index in [4.69, 9.17) is 11.6 Å². The molecule has 0 aliphatic heterocycles. The Morgan fingerprint density at radius 2 is 2.28 bits per heavy atom. The molecule has 2 aromatic heterocycles. The summed E-state index contributed by atoms with van der Waals surface area (Å²) in [5.41, 5.74) is 0.484. The summed E-state index contributed by atoms with van der Waals surface area (Å²) in [7, 11) is 1.78. The van der Waals surface area contributed by atoms with E-state index in [1.54, 1.807) is 35.5 Å². The van der Waals surface area contributed by atoms with Crippen molar-refractivity contribution < 1.29 is 4.79 Å². The third kappa shape index (κ3) is 2.54. The van der Waals surface area contributed by atoms with Gasteiger partial charge in [0.05, 0.1) is 16.6 Å². The lowest BCUT2D eigenvalue weighted by molar-refractivity contribution is 0.0745. The molecule has 3 nitrogen and oxygen atoms in total. The quantitative estimate of drug-likeness (QED) is 0.860. The first-order chi connectivity index (χ1) is 8.61. The van der Waals surface area contributed by atoms with Crippen molar-refractivity contribution in [2.75, 3.05) is 7.05 Å². The number of rotatable bonds is 3. The number of carbonyl (C=O) groups is 1. The van der Waals surface area contributed by atoms with Gasteiger partial charge in [0, 0.05) is 24.3 Å². The molecule has 18 heavy (non-hydrogen) atoms. The third-order valence-corrected chi connectivity index (χ3v) is 4.20. The van der Waals surface area contributed by atoms with Crippen LogP contribution in [0, 0.1) is 0 Å². The Balaban J connectivity index is 2.22. The Morgan fingerprint density at radius 1 is 1.50 bits per heavy atom. The molecule has 0 saturated carbocycles. The summed E-state index contributed by atoms with van der Waals surface area (Å²) < 4.78 is 0. The molecule has 0 N–H and O–H groups in total. The lowest BCUT2D eigenvalue weighted by Crippen LogP contribution is -2.29. The lowest BCUT2D eigenvalue weighted by Gasteiger charge is -2.24.